The molecule has 0 saturated carbocycles. The van der Waals surface area contributed by atoms with Crippen molar-refractivity contribution in [1.29, 1.82) is 0 Å². The van der Waals surface area contributed by atoms with Crippen LogP contribution in [0.4, 0.5) is 0 Å². The van der Waals surface area contributed by atoms with Crippen LogP contribution in [0.25, 0.3) is 6.08 Å². The lowest BCUT2D eigenvalue weighted by Gasteiger charge is -2.08. The summed E-state index contributed by atoms with van der Waals surface area (Å²) in [5.41, 5.74) is 2.41. The Kier molecular flexibility index (Phi) is 4.74. The Morgan fingerprint density at radius 2 is 1.56 bits per heavy atom. The fourth-order valence-electron chi connectivity index (χ4n) is 1.67. The van der Waals surface area contributed by atoms with Gasteiger partial charge in [0.25, 0.3) is 0 Å². The van der Waals surface area contributed by atoms with Crippen LogP contribution in [-0.4, -0.2) is 6.10 Å². The van der Waals surface area contributed by atoms with E-state index in [4.69, 9.17) is 4.74 Å². The van der Waals surface area contributed by atoms with Gasteiger partial charge in [0.05, 0.1) is 12.7 Å². The Morgan fingerprint density at radius 1 is 0.944 bits per heavy atom. The second-order valence-electron chi connectivity index (χ2n) is 4.27. The highest BCUT2D eigenvalue weighted by Crippen LogP contribution is 2.06. The van der Waals surface area contributed by atoms with Crippen LogP contribution in [0.3, 0.4) is 0 Å². The maximum absolute atomic E-state index is 5.76. The van der Waals surface area contributed by atoms with E-state index in [1.165, 1.54) is 11.1 Å². The van der Waals surface area contributed by atoms with Gasteiger partial charge in [0, 0.05) is 0 Å². The molecule has 92 valence electrons. The molecule has 0 radical (unpaired) electrons. The summed E-state index contributed by atoms with van der Waals surface area (Å²) in [5.74, 6) is 0. The summed E-state index contributed by atoms with van der Waals surface area (Å²) in [5, 5.41) is 0. The third-order valence-corrected chi connectivity index (χ3v) is 2.71. The van der Waals surface area contributed by atoms with Crippen LogP contribution < -0.4 is 0 Å². The van der Waals surface area contributed by atoms with Gasteiger partial charge in [-0.05, 0) is 18.1 Å². The van der Waals surface area contributed by atoms with Crippen molar-refractivity contribution in [2.24, 2.45) is 0 Å². The maximum Gasteiger partial charge on any atom is 0.0735 e. The molecule has 1 atom stereocenters. The van der Waals surface area contributed by atoms with E-state index in [1.54, 1.807) is 0 Å². The fraction of sp³-hybridized carbons (Fsp3) is 0.176. The number of hydrogen-bond acceptors (Lipinski definition) is 1. The maximum atomic E-state index is 5.76. The van der Waals surface area contributed by atoms with Gasteiger partial charge >= 0.3 is 0 Å². The summed E-state index contributed by atoms with van der Waals surface area (Å²) in [7, 11) is 0. The topological polar surface area (TPSA) is 9.23 Å². The highest BCUT2D eigenvalue weighted by atomic mass is 16.5. The summed E-state index contributed by atoms with van der Waals surface area (Å²) >= 11 is 0. The molecule has 0 aliphatic rings. The summed E-state index contributed by atoms with van der Waals surface area (Å²) in [4.78, 5) is 0. The van der Waals surface area contributed by atoms with Crippen LogP contribution in [0, 0.1) is 0 Å². The van der Waals surface area contributed by atoms with Crippen molar-refractivity contribution in [3.8, 4) is 0 Å². The van der Waals surface area contributed by atoms with E-state index in [-0.39, 0.29) is 6.10 Å². The number of benzene rings is 2. The minimum atomic E-state index is 0.116. The lowest BCUT2D eigenvalue weighted by Crippen LogP contribution is -2.04. The normalized spacial score (nSPS) is 12.7. The predicted octanol–water partition coefficient (Wildman–Crippen LogP) is 4.31. The van der Waals surface area contributed by atoms with Gasteiger partial charge in [-0.15, -0.1) is 0 Å². The smallest absolute Gasteiger partial charge is 0.0735 e. The first-order chi connectivity index (χ1) is 8.84. The molecule has 0 aliphatic heterocycles. The molecule has 0 heterocycles. The Labute approximate surface area is 109 Å². The molecule has 18 heavy (non-hydrogen) atoms. The molecular weight excluding hydrogens is 220 g/mol. The zero-order chi connectivity index (χ0) is 12.6. The van der Waals surface area contributed by atoms with Gasteiger partial charge in [0.1, 0.15) is 0 Å². The van der Waals surface area contributed by atoms with Crippen LogP contribution in [0.15, 0.2) is 66.7 Å². The van der Waals surface area contributed by atoms with Gasteiger partial charge in [-0.2, -0.15) is 0 Å². The van der Waals surface area contributed by atoms with Crippen molar-refractivity contribution in [3.63, 3.8) is 0 Å². The predicted molar refractivity (Wildman–Crippen MR) is 76.2 cm³/mol. The largest absolute Gasteiger partial charge is 0.370 e. The van der Waals surface area contributed by atoms with E-state index in [9.17, 15) is 0 Å². The van der Waals surface area contributed by atoms with Crippen molar-refractivity contribution < 1.29 is 4.74 Å². The molecule has 2 aromatic rings. The van der Waals surface area contributed by atoms with Crippen molar-refractivity contribution >= 4 is 6.08 Å². The molecule has 2 rings (SSSR count). The number of ether oxygens (including phenoxy) is 1. The van der Waals surface area contributed by atoms with E-state index < -0.39 is 0 Å². The molecular formula is C17H18O. The van der Waals surface area contributed by atoms with E-state index >= 15 is 0 Å². The van der Waals surface area contributed by atoms with E-state index in [0.717, 1.165) is 0 Å². The van der Waals surface area contributed by atoms with Gasteiger partial charge < -0.3 is 4.74 Å². The minimum absolute atomic E-state index is 0.116. The first kappa shape index (κ1) is 12.6. The van der Waals surface area contributed by atoms with Crippen LogP contribution in [0.2, 0.25) is 0 Å². The molecule has 1 unspecified atom stereocenters. The van der Waals surface area contributed by atoms with Crippen molar-refractivity contribution in [3.05, 3.63) is 77.9 Å². The first-order valence-electron chi connectivity index (χ1n) is 6.23. The average Bonchev–Trinajstić information content (AvgIpc) is 2.45. The van der Waals surface area contributed by atoms with Crippen molar-refractivity contribution in [2.45, 2.75) is 19.6 Å². The quantitative estimate of drug-likeness (QED) is 0.754. The van der Waals surface area contributed by atoms with Gasteiger partial charge in [-0.1, -0.05) is 72.8 Å². The molecule has 0 saturated heterocycles. The van der Waals surface area contributed by atoms with Gasteiger partial charge in [0.2, 0.25) is 0 Å². The van der Waals surface area contributed by atoms with E-state index in [1.807, 2.05) is 36.4 Å². The van der Waals surface area contributed by atoms with E-state index in [2.05, 4.69) is 43.3 Å². The molecule has 2 aromatic carbocycles. The highest BCUT2D eigenvalue weighted by molar-refractivity contribution is 5.49. The van der Waals surface area contributed by atoms with Crippen LogP contribution in [0.1, 0.15) is 18.1 Å². The standard InChI is InChI=1S/C17H18O/c1-15(12-13-16-8-4-2-5-9-16)18-14-17-10-6-3-7-11-17/h2-13,15H,14H2,1H3. The molecule has 0 aliphatic carbocycles. The lowest BCUT2D eigenvalue weighted by atomic mass is 10.2. The second kappa shape index (κ2) is 6.77. The monoisotopic (exact) mass is 238 g/mol. The fourth-order valence-corrected chi connectivity index (χ4v) is 1.67. The Bertz CT molecular complexity index is 473. The summed E-state index contributed by atoms with van der Waals surface area (Å²) < 4.78 is 5.76. The van der Waals surface area contributed by atoms with Crippen molar-refractivity contribution in [2.75, 3.05) is 0 Å². The van der Waals surface area contributed by atoms with Crippen LogP contribution in [0.5, 0.6) is 0 Å². The molecule has 1 heteroatoms. The van der Waals surface area contributed by atoms with Crippen molar-refractivity contribution in [1.82, 2.24) is 0 Å². The average molecular weight is 238 g/mol. The van der Waals surface area contributed by atoms with Gasteiger partial charge in [-0.3, -0.25) is 0 Å². The summed E-state index contributed by atoms with van der Waals surface area (Å²) in [6.07, 6.45) is 4.29. The zero-order valence-corrected chi connectivity index (χ0v) is 10.6. The van der Waals surface area contributed by atoms with Gasteiger partial charge in [-0.25, -0.2) is 0 Å². The van der Waals surface area contributed by atoms with Crippen LogP contribution in [-0.2, 0) is 11.3 Å². The first-order valence-corrected chi connectivity index (χ1v) is 6.23. The minimum Gasteiger partial charge on any atom is -0.370 e. The Hall–Kier alpha value is -1.86. The third kappa shape index (κ3) is 4.19. The molecule has 0 N–H and O–H groups in total. The molecule has 0 aromatic heterocycles. The van der Waals surface area contributed by atoms with E-state index in [0.29, 0.717) is 6.61 Å². The molecule has 0 bridgehead atoms. The molecule has 0 amide bonds. The molecule has 1 nitrogen and oxygen atoms in total. The summed E-state index contributed by atoms with van der Waals surface area (Å²) in [6.45, 7) is 2.71. The Balaban J connectivity index is 1.82. The summed E-state index contributed by atoms with van der Waals surface area (Å²) in [6, 6.07) is 20.5. The molecule has 0 spiro atoms. The van der Waals surface area contributed by atoms with Gasteiger partial charge in [0.15, 0.2) is 0 Å². The molecule has 0 fully saturated rings. The Morgan fingerprint density at radius 3 is 2.22 bits per heavy atom. The SMILES string of the molecule is CC(C=Cc1ccccc1)OCc1ccccc1. The third-order valence-electron chi connectivity index (χ3n) is 2.71. The van der Waals surface area contributed by atoms with Crippen LogP contribution >= 0.6 is 0 Å². The second-order valence-corrected chi connectivity index (χ2v) is 4.27. The zero-order valence-electron chi connectivity index (χ0n) is 10.6. The lowest BCUT2D eigenvalue weighted by molar-refractivity contribution is 0.0846. The number of hydrogen-bond donors (Lipinski definition) is 0. The highest BCUT2D eigenvalue weighted by Gasteiger charge is 1.97. The number of rotatable bonds is 5.